The first-order valence-corrected chi connectivity index (χ1v) is 7.64. The van der Waals surface area contributed by atoms with Crippen LogP contribution in [0, 0.1) is 0 Å². The van der Waals surface area contributed by atoms with Gasteiger partial charge in [-0.1, -0.05) is 18.2 Å². The molecule has 1 fully saturated rings. The summed E-state index contributed by atoms with van der Waals surface area (Å²) in [6.07, 6.45) is 9.78. The van der Waals surface area contributed by atoms with E-state index < -0.39 is 29.8 Å². The number of alkyl halides is 1. The maximum Gasteiger partial charge on any atom is 0.503 e. The van der Waals surface area contributed by atoms with Crippen molar-refractivity contribution in [3.05, 3.63) is 42.3 Å². The minimum atomic E-state index is -1.85. The lowest BCUT2D eigenvalue weighted by Gasteiger charge is -2.32. The first kappa shape index (κ1) is 16.1. The van der Waals surface area contributed by atoms with Gasteiger partial charge < -0.3 is 15.0 Å². The van der Waals surface area contributed by atoms with E-state index in [1.807, 2.05) is 27.7 Å². The minimum absolute atomic E-state index is 0.157. The summed E-state index contributed by atoms with van der Waals surface area (Å²) in [6, 6.07) is 0. The average Bonchev–Trinajstić information content (AvgIpc) is 2.70. The topological polar surface area (TPSA) is 70.3 Å². The van der Waals surface area contributed by atoms with E-state index in [2.05, 4.69) is 9.97 Å². The van der Waals surface area contributed by atoms with E-state index in [9.17, 15) is 0 Å². The first-order chi connectivity index (χ1) is 10.7. The Bertz CT molecular complexity index is 644. The second-order valence-electron chi connectivity index (χ2n) is 7.01. The lowest BCUT2D eigenvalue weighted by Crippen LogP contribution is -2.48. The molecule has 122 valence electrons. The van der Waals surface area contributed by atoms with Crippen LogP contribution in [0.3, 0.4) is 0 Å². The third kappa shape index (κ3) is 2.58. The van der Waals surface area contributed by atoms with Gasteiger partial charge in [0.05, 0.1) is 11.2 Å². The molecule has 0 amide bonds. The summed E-state index contributed by atoms with van der Waals surface area (Å²) in [4.78, 5) is 7.93. The van der Waals surface area contributed by atoms with Gasteiger partial charge in [0.25, 0.3) is 0 Å². The Balaban J connectivity index is 1.97. The highest BCUT2D eigenvalue weighted by Gasteiger charge is 2.62. The van der Waals surface area contributed by atoms with Crippen LogP contribution in [0.2, 0.25) is 0 Å². The average molecular weight is 317 g/mol. The normalized spacial score (nSPS) is 31.5. The van der Waals surface area contributed by atoms with E-state index in [1.54, 1.807) is 18.2 Å². The molecule has 1 saturated heterocycles. The van der Waals surface area contributed by atoms with Crippen LogP contribution in [-0.4, -0.2) is 33.9 Å². The summed E-state index contributed by atoms with van der Waals surface area (Å²) < 4.78 is 27.8. The van der Waals surface area contributed by atoms with Crippen molar-refractivity contribution in [3.63, 3.8) is 0 Å². The van der Waals surface area contributed by atoms with E-state index in [1.165, 1.54) is 18.5 Å². The maximum absolute atomic E-state index is 15.9. The summed E-state index contributed by atoms with van der Waals surface area (Å²) in [5.41, 5.74) is 3.09. The van der Waals surface area contributed by atoms with Gasteiger partial charge in [-0.05, 0) is 39.3 Å². The van der Waals surface area contributed by atoms with Crippen LogP contribution in [0.5, 0.6) is 0 Å². The molecule has 1 aromatic rings. The summed E-state index contributed by atoms with van der Waals surface area (Å²) >= 11 is 0. The maximum atomic E-state index is 15.9. The molecule has 2 N–H and O–H groups in total. The SMILES string of the molecule is CC1(C)OB(C2(F)C=CC=CC2c2cnc(N)nc2)OC1(C)C. The van der Waals surface area contributed by atoms with Crippen molar-refractivity contribution in [1.29, 1.82) is 0 Å². The molecule has 2 atom stereocenters. The first-order valence-electron chi connectivity index (χ1n) is 7.64. The number of aromatic nitrogens is 2. The quantitative estimate of drug-likeness (QED) is 0.849. The Morgan fingerprint density at radius 3 is 2.22 bits per heavy atom. The molecule has 2 heterocycles. The zero-order valence-corrected chi connectivity index (χ0v) is 13.8. The number of hydrogen-bond donors (Lipinski definition) is 1. The fourth-order valence-corrected chi connectivity index (χ4v) is 2.75. The number of rotatable bonds is 2. The fourth-order valence-electron chi connectivity index (χ4n) is 2.75. The van der Waals surface area contributed by atoms with Crippen LogP contribution in [0.15, 0.2) is 36.7 Å². The van der Waals surface area contributed by atoms with E-state index in [4.69, 9.17) is 15.0 Å². The lowest BCUT2D eigenvalue weighted by molar-refractivity contribution is 0.00578. The minimum Gasteiger partial charge on any atom is -0.401 e. The van der Waals surface area contributed by atoms with E-state index in [0.29, 0.717) is 5.56 Å². The second-order valence-corrected chi connectivity index (χ2v) is 7.01. The Kier molecular flexibility index (Phi) is 3.61. The number of halogens is 1. The summed E-state index contributed by atoms with van der Waals surface area (Å²) in [5.74, 6) is -0.452. The molecule has 7 heteroatoms. The van der Waals surface area contributed by atoms with Gasteiger partial charge in [-0.15, -0.1) is 0 Å². The van der Waals surface area contributed by atoms with Gasteiger partial charge >= 0.3 is 7.12 Å². The second kappa shape index (κ2) is 5.14. The Morgan fingerprint density at radius 1 is 1.09 bits per heavy atom. The van der Waals surface area contributed by atoms with Crippen LogP contribution in [0.25, 0.3) is 0 Å². The predicted octanol–water partition coefficient (Wildman–Crippen LogP) is 2.61. The molecule has 0 spiro atoms. The number of allylic oxidation sites excluding steroid dienone is 4. The zero-order chi connectivity index (χ0) is 16.9. The fraction of sp³-hybridized carbons (Fsp3) is 0.500. The van der Waals surface area contributed by atoms with Gasteiger partial charge in [0, 0.05) is 18.3 Å². The molecule has 23 heavy (non-hydrogen) atoms. The van der Waals surface area contributed by atoms with Crippen molar-refractivity contribution in [3.8, 4) is 0 Å². The van der Waals surface area contributed by atoms with Crippen molar-refractivity contribution in [1.82, 2.24) is 9.97 Å². The Labute approximate surface area is 135 Å². The monoisotopic (exact) mass is 317 g/mol. The van der Waals surface area contributed by atoms with Crippen LogP contribution in [0.4, 0.5) is 10.3 Å². The highest BCUT2D eigenvalue weighted by molar-refractivity contribution is 6.50. The number of nitrogen functional groups attached to an aromatic ring is 1. The highest BCUT2D eigenvalue weighted by Crippen LogP contribution is 2.46. The summed E-state index contributed by atoms with van der Waals surface area (Å²) in [5, 5.41) is 0. The van der Waals surface area contributed by atoms with E-state index in [0.717, 1.165) is 0 Å². The predicted molar refractivity (Wildman–Crippen MR) is 87.4 cm³/mol. The third-order valence-corrected chi connectivity index (χ3v) is 4.91. The molecule has 2 aliphatic rings. The molecular formula is C16H21BFN3O2. The molecule has 0 aromatic carbocycles. The summed E-state index contributed by atoms with van der Waals surface area (Å²) in [6.45, 7) is 7.61. The highest BCUT2D eigenvalue weighted by atomic mass is 19.1. The van der Waals surface area contributed by atoms with Gasteiger partial charge in [-0.3, -0.25) is 0 Å². The van der Waals surface area contributed by atoms with Gasteiger partial charge in [-0.25, -0.2) is 14.4 Å². The van der Waals surface area contributed by atoms with Crippen molar-refractivity contribution in [2.75, 3.05) is 5.73 Å². The zero-order valence-electron chi connectivity index (χ0n) is 13.8. The van der Waals surface area contributed by atoms with Crippen molar-refractivity contribution in [2.24, 2.45) is 0 Å². The van der Waals surface area contributed by atoms with Crippen molar-refractivity contribution < 1.29 is 13.7 Å². The smallest absolute Gasteiger partial charge is 0.401 e. The number of nitrogens with zero attached hydrogens (tertiary/aromatic N) is 2. The molecule has 3 rings (SSSR count). The van der Waals surface area contributed by atoms with Crippen molar-refractivity contribution in [2.45, 2.75) is 50.4 Å². The van der Waals surface area contributed by atoms with Crippen molar-refractivity contribution >= 4 is 13.1 Å². The number of nitrogens with two attached hydrogens (primary N) is 1. The third-order valence-electron chi connectivity index (χ3n) is 4.91. The number of anilines is 1. The molecule has 5 nitrogen and oxygen atoms in total. The van der Waals surface area contributed by atoms with Crippen LogP contribution < -0.4 is 5.73 Å². The largest absolute Gasteiger partial charge is 0.503 e. The molecule has 0 saturated carbocycles. The van der Waals surface area contributed by atoms with Gasteiger partial charge in [0.2, 0.25) is 5.95 Å². The molecule has 1 aromatic heterocycles. The summed E-state index contributed by atoms with van der Waals surface area (Å²) in [7, 11) is -1.02. The Hall–Kier alpha value is -1.73. The van der Waals surface area contributed by atoms with E-state index in [-0.39, 0.29) is 5.95 Å². The van der Waals surface area contributed by atoms with Crippen LogP contribution >= 0.6 is 0 Å². The van der Waals surface area contributed by atoms with E-state index >= 15 is 4.39 Å². The van der Waals surface area contributed by atoms with Crippen LogP contribution in [-0.2, 0) is 9.31 Å². The van der Waals surface area contributed by atoms with Gasteiger partial charge in [0.15, 0.2) is 5.57 Å². The Morgan fingerprint density at radius 2 is 1.65 bits per heavy atom. The molecule has 2 unspecified atom stereocenters. The lowest BCUT2D eigenvalue weighted by atomic mass is 9.59. The van der Waals surface area contributed by atoms with Gasteiger partial charge in [-0.2, -0.15) is 0 Å². The standard InChI is InChI=1S/C16H21BFN3O2/c1-14(2)15(3,4)23-17(22-14)16(18)8-6-5-7-12(16)11-9-20-13(19)21-10-11/h5-10,12H,1-4H3,(H2,19,20,21). The molecule has 1 aliphatic carbocycles. The molecule has 0 bridgehead atoms. The van der Waals surface area contributed by atoms with Gasteiger partial charge in [0.1, 0.15) is 0 Å². The molecule has 0 radical (unpaired) electrons. The molecular weight excluding hydrogens is 296 g/mol. The number of hydrogen-bond acceptors (Lipinski definition) is 5. The molecule has 1 aliphatic heterocycles. The van der Waals surface area contributed by atoms with Crippen LogP contribution in [0.1, 0.15) is 39.2 Å².